The minimum atomic E-state index is -2.81. The smallest absolute Gasteiger partial charge is 0.387 e. The molecule has 2 aromatic rings. The highest BCUT2D eigenvalue weighted by molar-refractivity contribution is 5.33. The molecule has 1 aromatic heterocycles. The van der Waals surface area contributed by atoms with Crippen LogP contribution in [0.1, 0.15) is 24.1 Å². The van der Waals surface area contributed by atoms with E-state index in [-0.39, 0.29) is 11.8 Å². The van der Waals surface area contributed by atoms with Gasteiger partial charge >= 0.3 is 6.61 Å². The molecule has 0 spiro atoms. The van der Waals surface area contributed by atoms with Crippen LogP contribution in [0.15, 0.2) is 47.3 Å². The zero-order valence-corrected chi connectivity index (χ0v) is 10.5. The second kappa shape index (κ2) is 6.33. The van der Waals surface area contributed by atoms with Gasteiger partial charge in [-0.3, -0.25) is 0 Å². The first-order valence-corrected chi connectivity index (χ1v) is 5.95. The van der Waals surface area contributed by atoms with Crippen LogP contribution in [0.4, 0.5) is 8.78 Å². The fraction of sp³-hybridized carbons (Fsp3) is 0.286. The molecule has 1 unspecified atom stereocenters. The van der Waals surface area contributed by atoms with Crippen molar-refractivity contribution in [1.29, 1.82) is 0 Å². The maximum Gasteiger partial charge on any atom is 0.387 e. The fourth-order valence-electron chi connectivity index (χ4n) is 1.76. The Balaban J connectivity index is 1.99. The van der Waals surface area contributed by atoms with Crippen LogP contribution in [0, 0.1) is 0 Å². The Kier molecular flexibility index (Phi) is 4.52. The molecule has 2 rings (SSSR count). The van der Waals surface area contributed by atoms with E-state index in [1.807, 2.05) is 13.0 Å². The molecular formula is C14H15F2NO2. The Morgan fingerprint density at radius 1 is 1.26 bits per heavy atom. The molecule has 0 aliphatic heterocycles. The van der Waals surface area contributed by atoms with Gasteiger partial charge in [-0.15, -0.1) is 0 Å². The van der Waals surface area contributed by atoms with Crippen molar-refractivity contribution < 1.29 is 17.9 Å². The van der Waals surface area contributed by atoms with Crippen molar-refractivity contribution >= 4 is 0 Å². The average molecular weight is 267 g/mol. The van der Waals surface area contributed by atoms with E-state index in [1.54, 1.807) is 30.7 Å². The number of alkyl halides is 2. The Labute approximate surface area is 110 Å². The number of rotatable bonds is 6. The molecule has 0 saturated heterocycles. The number of furan rings is 1. The predicted octanol–water partition coefficient (Wildman–Crippen LogP) is 3.73. The summed E-state index contributed by atoms with van der Waals surface area (Å²) in [6, 6.07) is 8.68. The SMILES string of the molecule is CC(NCc1ccccc1OC(F)F)c1ccoc1. The average Bonchev–Trinajstić information content (AvgIpc) is 2.90. The van der Waals surface area contributed by atoms with Gasteiger partial charge in [0.2, 0.25) is 0 Å². The first-order valence-electron chi connectivity index (χ1n) is 5.95. The largest absolute Gasteiger partial charge is 0.472 e. The highest BCUT2D eigenvalue weighted by Crippen LogP contribution is 2.21. The monoisotopic (exact) mass is 267 g/mol. The molecule has 19 heavy (non-hydrogen) atoms. The van der Waals surface area contributed by atoms with Crippen LogP contribution >= 0.6 is 0 Å². The van der Waals surface area contributed by atoms with E-state index in [4.69, 9.17) is 4.42 Å². The Morgan fingerprint density at radius 3 is 2.74 bits per heavy atom. The van der Waals surface area contributed by atoms with Gasteiger partial charge in [0.25, 0.3) is 0 Å². The van der Waals surface area contributed by atoms with Crippen LogP contribution in [0.3, 0.4) is 0 Å². The number of hydrogen-bond acceptors (Lipinski definition) is 3. The molecule has 5 heteroatoms. The zero-order chi connectivity index (χ0) is 13.7. The van der Waals surface area contributed by atoms with Crippen molar-refractivity contribution in [3.05, 3.63) is 54.0 Å². The lowest BCUT2D eigenvalue weighted by atomic mass is 10.1. The molecule has 0 fully saturated rings. The molecule has 0 radical (unpaired) electrons. The van der Waals surface area contributed by atoms with E-state index in [2.05, 4.69) is 10.1 Å². The Hall–Kier alpha value is -1.88. The molecule has 1 N–H and O–H groups in total. The molecule has 0 amide bonds. The van der Waals surface area contributed by atoms with E-state index < -0.39 is 6.61 Å². The normalized spacial score (nSPS) is 12.6. The topological polar surface area (TPSA) is 34.4 Å². The minimum absolute atomic E-state index is 0.0679. The van der Waals surface area contributed by atoms with Crippen molar-refractivity contribution in [3.63, 3.8) is 0 Å². The van der Waals surface area contributed by atoms with E-state index in [1.165, 1.54) is 6.07 Å². The third-order valence-electron chi connectivity index (χ3n) is 2.83. The molecular weight excluding hydrogens is 252 g/mol. The molecule has 0 aliphatic rings. The third kappa shape index (κ3) is 3.79. The first kappa shape index (κ1) is 13.5. The second-order valence-electron chi connectivity index (χ2n) is 4.15. The maximum absolute atomic E-state index is 12.3. The number of ether oxygens (including phenoxy) is 1. The summed E-state index contributed by atoms with van der Waals surface area (Å²) < 4.78 is 34.0. The quantitative estimate of drug-likeness (QED) is 0.866. The molecule has 3 nitrogen and oxygen atoms in total. The number of nitrogens with one attached hydrogen (secondary N) is 1. The van der Waals surface area contributed by atoms with Crippen LogP contribution in [-0.2, 0) is 6.54 Å². The van der Waals surface area contributed by atoms with Crippen molar-refractivity contribution in [2.45, 2.75) is 26.1 Å². The number of benzene rings is 1. The number of halogens is 2. The van der Waals surface area contributed by atoms with Crippen molar-refractivity contribution in [2.24, 2.45) is 0 Å². The molecule has 1 heterocycles. The predicted molar refractivity (Wildman–Crippen MR) is 67.0 cm³/mol. The minimum Gasteiger partial charge on any atom is -0.472 e. The molecule has 0 aliphatic carbocycles. The highest BCUT2D eigenvalue weighted by Gasteiger charge is 2.11. The van der Waals surface area contributed by atoms with Gasteiger partial charge in [0.15, 0.2) is 0 Å². The van der Waals surface area contributed by atoms with Gasteiger partial charge in [0.05, 0.1) is 12.5 Å². The molecule has 0 bridgehead atoms. The molecule has 102 valence electrons. The standard InChI is InChI=1S/C14H15F2NO2/c1-10(12-6-7-18-9-12)17-8-11-4-2-3-5-13(11)19-14(15)16/h2-7,9-10,14,17H,8H2,1H3. The van der Waals surface area contributed by atoms with E-state index in [9.17, 15) is 8.78 Å². The Bertz CT molecular complexity index is 500. The van der Waals surface area contributed by atoms with Crippen LogP contribution in [0.25, 0.3) is 0 Å². The summed E-state index contributed by atoms with van der Waals surface area (Å²) in [6.07, 6.45) is 3.25. The van der Waals surface area contributed by atoms with Crippen LogP contribution in [-0.4, -0.2) is 6.61 Å². The van der Waals surface area contributed by atoms with E-state index >= 15 is 0 Å². The van der Waals surface area contributed by atoms with Crippen molar-refractivity contribution in [3.8, 4) is 5.75 Å². The second-order valence-corrected chi connectivity index (χ2v) is 4.15. The van der Waals surface area contributed by atoms with E-state index in [0.717, 1.165) is 5.56 Å². The first-order chi connectivity index (χ1) is 9.16. The molecule has 1 aromatic carbocycles. The van der Waals surface area contributed by atoms with Gasteiger partial charge in [0, 0.05) is 23.7 Å². The fourth-order valence-corrected chi connectivity index (χ4v) is 1.76. The zero-order valence-electron chi connectivity index (χ0n) is 10.5. The molecule has 1 atom stereocenters. The summed E-state index contributed by atoms with van der Waals surface area (Å²) in [5, 5.41) is 3.23. The van der Waals surface area contributed by atoms with Gasteiger partial charge in [-0.2, -0.15) is 8.78 Å². The number of para-hydroxylation sites is 1. The van der Waals surface area contributed by atoms with Gasteiger partial charge < -0.3 is 14.5 Å². The number of hydrogen-bond donors (Lipinski definition) is 1. The summed E-state index contributed by atoms with van der Waals surface area (Å²) in [5.74, 6) is 0.199. The Morgan fingerprint density at radius 2 is 2.05 bits per heavy atom. The summed E-state index contributed by atoms with van der Waals surface area (Å²) >= 11 is 0. The van der Waals surface area contributed by atoms with Gasteiger partial charge in [-0.05, 0) is 19.1 Å². The molecule has 0 saturated carbocycles. The summed E-state index contributed by atoms with van der Waals surface area (Å²) in [7, 11) is 0. The van der Waals surface area contributed by atoms with Crippen LogP contribution in [0.2, 0.25) is 0 Å². The summed E-state index contributed by atoms with van der Waals surface area (Å²) in [6.45, 7) is -0.399. The lowest BCUT2D eigenvalue weighted by Crippen LogP contribution is -2.18. The summed E-state index contributed by atoms with van der Waals surface area (Å²) in [5.41, 5.74) is 1.70. The third-order valence-corrected chi connectivity index (χ3v) is 2.83. The maximum atomic E-state index is 12.3. The van der Waals surface area contributed by atoms with E-state index in [0.29, 0.717) is 12.1 Å². The van der Waals surface area contributed by atoms with Crippen LogP contribution in [0.5, 0.6) is 5.75 Å². The lowest BCUT2D eigenvalue weighted by molar-refractivity contribution is -0.0505. The van der Waals surface area contributed by atoms with Crippen molar-refractivity contribution in [2.75, 3.05) is 0 Å². The van der Waals surface area contributed by atoms with Crippen LogP contribution < -0.4 is 10.1 Å². The van der Waals surface area contributed by atoms with Crippen molar-refractivity contribution in [1.82, 2.24) is 5.32 Å². The van der Waals surface area contributed by atoms with Gasteiger partial charge in [-0.25, -0.2) is 0 Å². The van der Waals surface area contributed by atoms with Gasteiger partial charge in [-0.1, -0.05) is 18.2 Å². The lowest BCUT2D eigenvalue weighted by Gasteiger charge is -2.14. The summed E-state index contributed by atoms with van der Waals surface area (Å²) in [4.78, 5) is 0. The van der Waals surface area contributed by atoms with Gasteiger partial charge in [0.1, 0.15) is 5.75 Å². The highest BCUT2D eigenvalue weighted by atomic mass is 19.3.